The predicted molar refractivity (Wildman–Crippen MR) is 112 cm³/mol. The number of carbonyl (C=O) groups excluding carboxylic acids is 1. The molecule has 1 N–H and O–H groups in total. The molecule has 1 aromatic carbocycles. The largest absolute Gasteiger partial charge is 0.495 e. The summed E-state index contributed by atoms with van der Waals surface area (Å²) in [6.45, 7) is 2.99. The highest BCUT2D eigenvalue weighted by molar-refractivity contribution is 6.31. The average molecular weight is 436 g/mol. The van der Waals surface area contributed by atoms with Crippen molar-refractivity contribution < 1.29 is 19.2 Å². The van der Waals surface area contributed by atoms with E-state index in [1.165, 1.54) is 13.4 Å². The maximum atomic E-state index is 12.0. The van der Waals surface area contributed by atoms with E-state index < -0.39 is 4.92 Å². The van der Waals surface area contributed by atoms with Crippen molar-refractivity contribution in [3.8, 4) is 5.75 Å². The molecule has 0 unspecified atom stereocenters. The number of nitrogens with zero attached hydrogens (tertiary/aromatic N) is 4. The molecule has 0 aliphatic carbocycles. The van der Waals surface area contributed by atoms with Gasteiger partial charge in [0.1, 0.15) is 12.1 Å². The van der Waals surface area contributed by atoms with Crippen molar-refractivity contribution in [2.24, 2.45) is 5.92 Å². The van der Waals surface area contributed by atoms with Crippen LogP contribution in [0.15, 0.2) is 24.5 Å². The van der Waals surface area contributed by atoms with E-state index in [2.05, 4.69) is 15.3 Å². The van der Waals surface area contributed by atoms with Crippen LogP contribution in [0.25, 0.3) is 0 Å². The second-order valence-electron chi connectivity index (χ2n) is 6.63. The van der Waals surface area contributed by atoms with Gasteiger partial charge in [0.05, 0.1) is 30.2 Å². The molecule has 1 aliphatic heterocycles. The standard InChI is InChI=1S/C19H22ClN5O5/c1-3-30-19(26)12-6-8-24(9-7-12)18-16(25(27)28)17(21-11-22-18)23-14-10-13(20)4-5-15(14)29-2/h4-5,10-12H,3,6-9H2,1-2H3,(H,21,22,23). The second-order valence-corrected chi connectivity index (χ2v) is 7.07. The van der Waals surface area contributed by atoms with Crippen molar-refractivity contribution in [3.63, 3.8) is 0 Å². The van der Waals surface area contributed by atoms with Crippen molar-refractivity contribution >= 4 is 40.6 Å². The first kappa shape index (κ1) is 21.6. The number of methoxy groups -OCH3 is 1. The van der Waals surface area contributed by atoms with Gasteiger partial charge in [0.2, 0.25) is 11.6 Å². The number of hydrogen-bond donors (Lipinski definition) is 1. The summed E-state index contributed by atoms with van der Waals surface area (Å²) in [5.41, 5.74) is 0.188. The first-order valence-corrected chi connectivity index (χ1v) is 9.83. The Labute approximate surface area is 178 Å². The normalized spacial score (nSPS) is 14.3. The van der Waals surface area contributed by atoms with E-state index in [1.807, 2.05) is 0 Å². The second kappa shape index (κ2) is 9.57. The third-order valence-electron chi connectivity index (χ3n) is 4.81. The van der Waals surface area contributed by atoms with Gasteiger partial charge < -0.3 is 19.7 Å². The summed E-state index contributed by atoms with van der Waals surface area (Å²) < 4.78 is 10.4. The van der Waals surface area contributed by atoms with Crippen molar-refractivity contribution in [3.05, 3.63) is 39.7 Å². The molecule has 1 aromatic heterocycles. The van der Waals surface area contributed by atoms with E-state index in [0.29, 0.717) is 49.0 Å². The smallest absolute Gasteiger partial charge is 0.353 e. The lowest BCUT2D eigenvalue weighted by Gasteiger charge is -2.31. The van der Waals surface area contributed by atoms with Crippen LogP contribution in [0.4, 0.5) is 23.0 Å². The van der Waals surface area contributed by atoms with Gasteiger partial charge in [-0.2, -0.15) is 0 Å². The molecule has 2 aromatic rings. The highest BCUT2D eigenvalue weighted by Gasteiger charge is 2.32. The number of halogens is 1. The summed E-state index contributed by atoms with van der Waals surface area (Å²) in [6.07, 6.45) is 2.33. The van der Waals surface area contributed by atoms with Gasteiger partial charge in [0.25, 0.3) is 0 Å². The first-order valence-electron chi connectivity index (χ1n) is 9.46. The number of nitrogens with one attached hydrogen (secondary N) is 1. The molecule has 0 amide bonds. The number of rotatable bonds is 7. The summed E-state index contributed by atoms with van der Waals surface area (Å²) in [7, 11) is 1.49. The molecule has 160 valence electrons. The van der Waals surface area contributed by atoms with Crippen LogP contribution in [0.1, 0.15) is 19.8 Å². The summed E-state index contributed by atoms with van der Waals surface area (Å²) in [5, 5.41) is 15.3. The summed E-state index contributed by atoms with van der Waals surface area (Å²) >= 11 is 6.05. The van der Waals surface area contributed by atoms with Crippen LogP contribution in [0.5, 0.6) is 5.75 Å². The van der Waals surface area contributed by atoms with E-state index >= 15 is 0 Å². The lowest BCUT2D eigenvalue weighted by molar-refractivity contribution is -0.383. The van der Waals surface area contributed by atoms with E-state index in [1.54, 1.807) is 30.0 Å². The molecule has 1 saturated heterocycles. The number of aromatic nitrogens is 2. The molecule has 0 spiro atoms. The van der Waals surface area contributed by atoms with Crippen molar-refractivity contribution in [2.75, 3.05) is 37.0 Å². The summed E-state index contributed by atoms with van der Waals surface area (Å²) in [6, 6.07) is 4.90. The maximum Gasteiger partial charge on any atom is 0.353 e. The number of ether oxygens (including phenoxy) is 2. The van der Waals surface area contributed by atoms with Crippen LogP contribution in [-0.2, 0) is 9.53 Å². The minimum absolute atomic E-state index is 0.0260. The molecule has 0 bridgehead atoms. The fourth-order valence-corrected chi connectivity index (χ4v) is 3.53. The van der Waals surface area contributed by atoms with Crippen LogP contribution < -0.4 is 15.0 Å². The highest BCUT2D eigenvalue weighted by Crippen LogP contribution is 2.38. The number of nitro groups is 1. The van der Waals surface area contributed by atoms with Gasteiger partial charge in [-0.1, -0.05) is 11.6 Å². The summed E-state index contributed by atoms with van der Waals surface area (Å²) in [5.74, 6) is 0.239. The van der Waals surface area contributed by atoms with Crippen LogP contribution in [0.2, 0.25) is 5.02 Å². The fourth-order valence-electron chi connectivity index (χ4n) is 3.35. The van der Waals surface area contributed by atoms with Gasteiger partial charge in [-0.15, -0.1) is 0 Å². The predicted octanol–water partition coefficient (Wildman–Crippen LogP) is 3.57. The Morgan fingerprint density at radius 1 is 1.37 bits per heavy atom. The third kappa shape index (κ3) is 4.70. The van der Waals surface area contributed by atoms with E-state index in [9.17, 15) is 14.9 Å². The number of anilines is 3. The van der Waals surface area contributed by atoms with E-state index in [0.717, 1.165) is 0 Å². The van der Waals surface area contributed by atoms with Gasteiger partial charge >= 0.3 is 11.7 Å². The van der Waals surface area contributed by atoms with Crippen LogP contribution in [-0.4, -0.2) is 47.7 Å². The molecule has 0 saturated carbocycles. The number of piperidine rings is 1. The van der Waals surface area contributed by atoms with Crippen LogP contribution in [0, 0.1) is 16.0 Å². The average Bonchev–Trinajstić information content (AvgIpc) is 2.74. The minimum atomic E-state index is -0.522. The molecular weight excluding hydrogens is 414 g/mol. The Morgan fingerprint density at radius 2 is 2.10 bits per heavy atom. The van der Waals surface area contributed by atoms with Crippen LogP contribution >= 0.6 is 11.6 Å². The minimum Gasteiger partial charge on any atom is -0.495 e. The summed E-state index contributed by atoms with van der Waals surface area (Å²) in [4.78, 5) is 33.3. The zero-order valence-corrected chi connectivity index (χ0v) is 17.4. The van der Waals surface area contributed by atoms with E-state index in [-0.39, 0.29) is 29.2 Å². The lowest BCUT2D eigenvalue weighted by Crippen LogP contribution is -2.37. The SMILES string of the molecule is CCOC(=O)C1CCN(c2ncnc(Nc3cc(Cl)ccc3OC)c2[N+](=O)[O-])CC1. The van der Waals surface area contributed by atoms with Gasteiger partial charge in [-0.3, -0.25) is 14.9 Å². The van der Waals surface area contributed by atoms with Crippen molar-refractivity contribution in [1.29, 1.82) is 0 Å². The van der Waals surface area contributed by atoms with Crippen molar-refractivity contribution in [1.82, 2.24) is 9.97 Å². The molecule has 2 heterocycles. The lowest BCUT2D eigenvalue weighted by atomic mass is 9.97. The molecule has 3 rings (SSSR count). The van der Waals surface area contributed by atoms with E-state index in [4.69, 9.17) is 21.1 Å². The third-order valence-corrected chi connectivity index (χ3v) is 5.05. The first-order chi connectivity index (χ1) is 14.4. The number of hydrogen-bond acceptors (Lipinski definition) is 9. The van der Waals surface area contributed by atoms with Crippen molar-refractivity contribution in [2.45, 2.75) is 19.8 Å². The Balaban J connectivity index is 1.87. The fraction of sp³-hybridized carbons (Fsp3) is 0.421. The molecule has 30 heavy (non-hydrogen) atoms. The maximum absolute atomic E-state index is 12.0. The van der Waals surface area contributed by atoms with Gasteiger partial charge in [-0.05, 0) is 38.0 Å². The Bertz CT molecular complexity index is 934. The Hall–Kier alpha value is -3.14. The molecule has 1 aliphatic rings. The molecule has 0 atom stereocenters. The topological polar surface area (TPSA) is 120 Å². The Morgan fingerprint density at radius 3 is 2.73 bits per heavy atom. The number of benzene rings is 1. The molecule has 0 radical (unpaired) electrons. The molecule has 10 nitrogen and oxygen atoms in total. The van der Waals surface area contributed by atoms with Crippen LogP contribution in [0.3, 0.4) is 0 Å². The van der Waals surface area contributed by atoms with Gasteiger partial charge in [0.15, 0.2) is 0 Å². The molecule has 11 heteroatoms. The Kier molecular flexibility index (Phi) is 6.88. The monoisotopic (exact) mass is 435 g/mol. The van der Waals surface area contributed by atoms with Gasteiger partial charge in [0, 0.05) is 18.1 Å². The zero-order valence-electron chi connectivity index (χ0n) is 16.6. The molecular formula is C19H22ClN5O5. The highest BCUT2D eigenvalue weighted by atomic mass is 35.5. The molecule has 1 fully saturated rings. The quantitative estimate of drug-likeness (QED) is 0.395. The number of carbonyl (C=O) groups is 1. The zero-order chi connectivity index (χ0) is 21.7. The number of esters is 1. The van der Waals surface area contributed by atoms with Gasteiger partial charge in [-0.25, -0.2) is 9.97 Å².